The second-order valence-electron chi connectivity index (χ2n) is 4.81. The van der Waals surface area contributed by atoms with Gasteiger partial charge in [0.1, 0.15) is 0 Å². The SMILES string of the molecule is C/C=C\C(=C/C)C(C)Cc1ccc(C)c(C)c1.CC. The van der Waals surface area contributed by atoms with Crippen molar-refractivity contribution in [2.24, 2.45) is 5.92 Å². The molecular weight excluding hydrogens is 228 g/mol. The van der Waals surface area contributed by atoms with Gasteiger partial charge in [-0.3, -0.25) is 0 Å². The van der Waals surface area contributed by atoms with Gasteiger partial charge in [-0.15, -0.1) is 0 Å². The van der Waals surface area contributed by atoms with Gasteiger partial charge in [0, 0.05) is 0 Å². The van der Waals surface area contributed by atoms with Crippen LogP contribution >= 0.6 is 0 Å². The molecule has 0 heterocycles. The average molecular weight is 258 g/mol. The van der Waals surface area contributed by atoms with Crippen molar-refractivity contribution in [3.05, 3.63) is 58.7 Å². The molecular formula is C19H30. The van der Waals surface area contributed by atoms with Crippen molar-refractivity contribution in [1.29, 1.82) is 0 Å². The third kappa shape index (κ3) is 5.92. The minimum Gasteiger partial charge on any atom is -0.0874 e. The van der Waals surface area contributed by atoms with Crippen molar-refractivity contribution in [3.63, 3.8) is 0 Å². The van der Waals surface area contributed by atoms with Crippen LogP contribution in [0.15, 0.2) is 42.0 Å². The van der Waals surface area contributed by atoms with Gasteiger partial charge in [-0.1, -0.05) is 57.2 Å². The number of rotatable bonds is 4. The second-order valence-corrected chi connectivity index (χ2v) is 4.81. The van der Waals surface area contributed by atoms with Crippen LogP contribution in [0.2, 0.25) is 0 Å². The number of hydrogen-bond donors (Lipinski definition) is 0. The Labute approximate surface area is 120 Å². The molecule has 19 heavy (non-hydrogen) atoms. The van der Waals surface area contributed by atoms with E-state index in [1.54, 1.807) is 0 Å². The van der Waals surface area contributed by atoms with Gasteiger partial charge in [0.2, 0.25) is 0 Å². The van der Waals surface area contributed by atoms with Gasteiger partial charge >= 0.3 is 0 Å². The quantitative estimate of drug-likeness (QED) is 0.578. The van der Waals surface area contributed by atoms with Crippen molar-refractivity contribution in [1.82, 2.24) is 0 Å². The highest BCUT2D eigenvalue weighted by Crippen LogP contribution is 2.19. The number of aryl methyl sites for hydroxylation is 2. The Hall–Kier alpha value is -1.30. The van der Waals surface area contributed by atoms with Crippen LogP contribution in [0, 0.1) is 19.8 Å². The smallest absolute Gasteiger partial charge is 0.0153 e. The van der Waals surface area contributed by atoms with Gasteiger partial charge in [-0.2, -0.15) is 0 Å². The predicted molar refractivity (Wildman–Crippen MR) is 88.7 cm³/mol. The van der Waals surface area contributed by atoms with Gasteiger partial charge in [0.05, 0.1) is 0 Å². The number of allylic oxidation sites excluding steroid dienone is 4. The van der Waals surface area contributed by atoms with Crippen molar-refractivity contribution < 1.29 is 0 Å². The van der Waals surface area contributed by atoms with E-state index in [4.69, 9.17) is 0 Å². The first-order chi connectivity index (χ1) is 9.08. The Morgan fingerprint density at radius 2 is 1.74 bits per heavy atom. The number of benzene rings is 1. The molecule has 1 atom stereocenters. The Morgan fingerprint density at radius 1 is 1.11 bits per heavy atom. The summed E-state index contributed by atoms with van der Waals surface area (Å²) in [6.45, 7) is 14.8. The molecule has 0 N–H and O–H groups in total. The first-order valence-electron chi connectivity index (χ1n) is 7.43. The van der Waals surface area contributed by atoms with E-state index in [1.165, 1.54) is 22.3 Å². The highest BCUT2D eigenvalue weighted by molar-refractivity contribution is 5.31. The fraction of sp³-hybridized carbons (Fsp3) is 0.474. The Morgan fingerprint density at radius 3 is 2.21 bits per heavy atom. The Kier molecular flexibility index (Phi) is 8.95. The Bertz CT molecular complexity index is 422. The van der Waals surface area contributed by atoms with Crippen molar-refractivity contribution >= 4 is 0 Å². The third-order valence-electron chi connectivity index (χ3n) is 3.37. The van der Waals surface area contributed by atoms with Crippen LogP contribution in [-0.4, -0.2) is 0 Å². The van der Waals surface area contributed by atoms with Crippen LogP contribution in [0.5, 0.6) is 0 Å². The van der Waals surface area contributed by atoms with E-state index >= 15 is 0 Å². The number of hydrogen-bond acceptors (Lipinski definition) is 0. The molecule has 0 aliphatic heterocycles. The molecule has 1 unspecified atom stereocenters. The van der Waals surface area contributed by atoms with Gasteiger partial charge in [0.25, 0.3) is 0 Å². The van der Waals surface area contributed by atoms with Crippen LogP contribution in [0.3, 0.4) is 0 Å². The van der Waals surface area contributed by atoms with E-state index in [0.29, 0.717) is 5.92 Å². The molecule has 0 heteroatoms. The summed E-state index contributed by atoms with van der Waals surface area (Å²) in [6.07, 6.45) is 7.66. The summed E-state index contributed by atoms with van der Waals surface area (Å²) in [7, 11) is 0. The minimum atomic E-state index is 0.582. The maximum atomic E-state index is 2.31. The average Bonchev–Trinajstić information content (AvgIpc) is 2.42. The zero-order valence-corrected chi connectivity index (χ0v) is 13.7. The Balaban J connectivity index is 0.00000154. The first-order valence-corrected chi connectivity index (χ1v) is 7.43. The summed E-state index contributed by atoms with van der Waals surface area (Å²) in [4.78, 5) is 0. The molecule has 0 aliphatic carbocycles. The zero-order chi connectivity index (χ0) is 14.8. The van der Waals surface area contributed by atoms with Crippen molar-refractivity contribution in [3.8, 4) is 0 Å². The maximum absolute atomic E-state index is 2.31. The van der Waals surface area contributed by atoms with Crippen LogP contribution < -0.4 is 0 Å². The third-order valence-corrected chi connectivity index (χ3v) is 3.37. The fourth-order valence-electron chi connectivity index (χ4n) is 2.14. The molecule has 0 bridgehead atoms. The first kappa shape index (κ1) is 17.7. The van der Waals surface area contributed by atoms with Crippen LogP contribution in [0.4, 0.5) is 0 Å². The highest BCUT2D eigenvalue weighted by atomic mass is 14.1. The lowest BCUT2D eigenvalue weighted by molar-refractivity contribution is 0.691. The van der Waals surface area contributed by atoms with Gasteiger partial charge in [-0.25, -0.2) is 0 Å². The van der Waals surface area contributed by atoms with Crippen molar-refractivity contribution in [2.45, 2.75) is 54.9 Å². The highest BCUT2D eigenvalue weighted by Gasteiger charge is 2.07. The summed E-state index contributed by atoms with van der Waals surface area (Å²) in [6, 6.07) is 6.79. The fourth-order valence-corrected chi connectivity index (χ4v) is 2.14. The zero-order valence-electron chi connectivity index (χ0n) is 13.7. The standard InChI is InChI=1S/C17H24.C2H6/c1-6-8-17(7-2)15(5)12-16-10-9-13(3)14(4)11-16;1-2/h6-11,15H,12H2,1-5H3;1-2H3/b8-6-,17-7+;. The minimum absolute atomic E-state index is 0.582. The van der Waals surface area contributed by atoms with E-state index in [-0.39, 0.29) is 0 Å². The van der Waals surface area contributed by atoms with Crippen LogP contribution in [0.1, 0.15) is 51.3 Å². The molecule has 0 nitrogen and oxygen atoms in total. The summed E-state index contributed by atoms with van der Waals surface area (Å²) in [5.41, 5.74) is 5.62. The summed E-state index contributed by atoms with van der Waals surface area (Å²) >= 11 is 0. The lowest BCUT2D eigenvalue weighted by Gasteiger charge is -2.14. The second kappa shape index (κ2) is 9.61. The molecule has 0 saturated heterocycles. The van der Waals surface area contributed by atoms with E-state index in [9.17, 15) is 0 Å². The normalized spacial score (nSPS) is 13.1. The monoisotopic (exact) mass is 258 g/mol. The summed E-state index contributed by atoms with van der Waals surface area (Å²) in [5.74, 6) is 0.582. The molecule has 0 amide bonds. The molecule has 1 aromatic rings. The molecule has 0 aliphatic rings. The maximum Gasteiger partial charge on any atom is -0.0153 e. The lowest BCUT2D eigenvalue weighted by atomic mass is 9.92. The molecule has 1 aromatic carbocycles. The molecule has 0 radical (unpaired) electrons. The van der Waals surface area contributed by atoms with Gasteiger partial charge in [0.15, 0.2) is 0 Å². The van der Waals surface area contributed by atoms with Gasteiger partial charge in [-0.05, 0) is 62.3 Å². The van der Waals surface area contributed by atoms with Crippen LogP contribution in [0.25, 0.3) is 0 Å². The largest absolute Gasteiger partial charge is 0.0874 e. The lowest BCUT2D eigenvalue weighted by Crippen LogP contribution is -2.02. The summed E-state index contributed by atoms with van der Waals surface area (Å²) < 4.78 is 0. The molecule has 106 valence electrons. The van der Waals surface area contributed by atoms with Crippen molar-refractivity contribution in [2.75, 3.05) is 0 Å². The van der Waals surface area contributed by atoms with E-state index in [1.807, 2.05) is 13.8 Å². The van der Waals surface area contributed by atoms with E-state index in [2.05, 4.69) is 71.0 Å². The molecule has 0 fully saturated rings. The van der Waals surface area contributed by atoms with Crippen LogP contribution in [-0.2, 0) is 6.42 Å². The molecule has 0 aromatic heterocycles. The van der Waals surface area contributed by atoms with E-state index < -0.39 is 0 Å². The summed E-state index contributed by atoms with van der Waals surface area (Å²) in [5, 5.41) is 0. The topological polar surface area (TPSA) is 0 Å². The predicted octanol–water partition coefficient (Wildman–Crippen LogP) is 6.03. The molecule has 0 saturated carbocycles. The molecule has 1 rings (SSSR count). The van der Waals surface area contributed by atoms with Gasteiger partial charge < -0.3 is 0 Å². The van der Waals surface area contributed by atoms with E-state index in [0.717, 1.165) is 6.42 Å². The molecule has 0 spiro atoms.